The Morgan fingerprint density at radius 1 is 1.08 bits per heavy atom. The summed E-state index contributed by atoms with van der Waals surface area (Å²) in [5.41, 5.74) is 3.26. The van der Waals surface area contributed by atoms with Crippen LogP contribution in [0.25, 0.3) is 6.08 Å². The van der Waals surface area contributed by atoms with Crippen LogP contribution in [0, 0.1) is 0 Å². The Morgan fingerprint density at radius 3 is 2.52 bits per heavy atom. The fourth-order valence-electron chi connectivity index (χ4n) is 2.46. The highest BCUT2D eigenvalue weighted by molar-refractivity contribution is 5.95. The molecule has 4 heteroatoms. The van der Waals surface area contributed by atoms with Crippen LogP contribution < -0.4 is 5.32 Å². The lowest BCUT2D eigenvalue weighted by Gasteiger charge is -2.08. The average Bonchev–Trinajstić information content (AvgIpc) is 2.61. The van der Waals surface area contributed by atoms with E-state index < -0.39 is 5.97 Å². The highest BCUT2D eigenvalue weighted by Gasteiger charge is 2.08. The molecule has 2 N–H and O–H groups in total. The van der Waals surface area contributed by atoms with Crippen molar-refractivity contribution in [3.8, 4) is 0 Å². The van der Waals surface area contributed by atoms with Gasteiger partial charge in [0.1, 0.15) is 0 Å². The van der Waals surface area contributed by atoms with Crippen molar-refractivity contribution in [1.82, 2.24) is 5.32 Å². The van der Waals surface area contributed by atoms with Crippen LogP contribution in [0.1, 0.15) is 27.0 Å². The van der Waals surface area contributed by atoms with Crippen LogP contribution in [-0.2, 0) is 17.6 Å². The second-order valence-electron chi connectivity index (χ2n) is 5.62. The van der Waals surface area contributed by atoms with Gasteiger partial charge in [-0.05, 0) is 47.7 Å². The fraction of sp³-hybridized carbons (Fsp3) is 0.143. The van der Waals surface area contributed by atoms with Gasteiger partial charge in [-0.3, -0.25) is 4.79 Å². The summed E-state index contributed by atoms with van der Waals surface area (Å²) in [6.07, 6.45) is 5.65. The van der Waals surface area contributed by atoms with E-state index in [-0.39, 0.29) is 5.91 Å². The fourth-order valence-corrected chi connectivity index (χ4v) is 2.46. The predicted molar refractivity (Wildman–Crippen MR) is 99.5 cm³/mol. The highest BCUT2D eigenvalue weighted by atomic mass is 16.4. The zero-order valence-corrected chi connectivity index (χ0v) is 13.9. The van der Waals surface area contributed by atoms with E-state index >= 15 is 0 Å². The topological polar surface area (TPSA) is 66.4 Å². The van der Waals surface area contributed by atoms with E-state index in [2.05, 4.69) is 11.9 Å². The SMILES string of the molecule is C=CCc1cc(/C=C/C(=O)O)cc(C(=O)NCCc2ccccc2)c1. The molecule has 0 bridgehead atoms. The molecular formula is C21H21NO3. The molecular weight excluding hydrogens is 314 g/mol. The molecule has 0 saturated heterocycles. The smallest absolute Gasteiger partial charge is 0.328 e. The Balaban J connectivity index is 2.08. The number of nitrogens with one attached hydrogen (secondary N) is 1. The minimum absolute atomic E-state index is 0.174. The van der Waals surface area contributed by atoms with E-state index in [0.717, 1.165) is 23.6 Å². The third-order valence-electron chi connectivity index (χ3n) is 3.62. The van der Waals surface area contributed by atoms with E-state index in [1.54, 1.807) is 18.2 Å². The third-order valence-corrected chi connectivity index (χ3v) is 3.62. The summed E-state index contributed by atoms with van der Waals surface area (Å²) in [6, 6.07) is 15.3. The van der Waals surface area contributed by atoms with Crippen molar-refractivity contribution in [2.24, 2.45) is 0 Å². The first-order valence-electron chi connectivity index (χ1n) is 8.06. The van der Waals surface area contributed by atoms with Gasteiger partial charge in [0.25, 0.3) is 5.91 Å². The zero-order chi connectivity index (χ0) is 18.1. The molecule has 2 aromatic rings. The normalized spacial score (nSPS) is 10.6. The number of hydrogen-bond acceptors (Lipinski definition) is 2. The second-order valence-corrected chi connectivity index (χ2v) is 5.62. The number of carbonyl (C=O) groups excluding carboxylic acids is 1. The summed E-state index contributed by atoms with van der Waals surface area (Å²) in [4.78, 5) is 23.1. The lowest BCUT2D eigenvalue weighted by molar-refractivity contribution is -0.131. The number of hydrogen-bond donors (Lipinski definition) is 2. The van der Waals surface area contributed by atoms with Crippen LogP contribution in [0.5, 0.6) is 0 Å². The number of benzene rings is 2. The van der Waals surface area contributed by atoms with Gasteiger partial charge in [-0.15, -0.1) is 6.58 Å². The largest absolute Gasteiger partial charge is 0.478 e. The Bertz CT molecular complexity index is 779. The number of rotatable bonds is 8. The number of carboxylic acid groups (broad SMARTS) is 1. The minimum atomic E-state index is -1.03. The predicted octanol–water partition coefficient (Wildman–Crippen LogP) is 3.49. The Morgan fingerprint density at radius 2 is 1.84 bits per heavy atom. The molecule has 2 rings (SSSR count). The van der Waals surface area contributed by atoms with Crippen molar-refractivity contribution in [2.45, 2.75) is 12.8 Å². The lowest BCUT2D eigenvalue weighted by atomic mass is 10.0. The van der Waals surface area contributed by atoms with Crippen LogP contribution in [0.4, 0.5) is 0 Å². The van der Waals surface area contributed by atoms with E-state index in [1.807, 2.05) is 36.4 Å². The maximum absolute atomic E-state index is 12.4. The lowest BCUT2D eigenvalue weighted by Crippen LogP contribution is -2.25. The molecule has 0 spiro atoms. The summed E-state index contributed by atoms with van der Waals surface area (Å²) >= 11 is 0. The third kappa shape index (κ3) is 6.11. The first-order chi connectivity index (χ1) is 12.1. The molecule has 25 heavy (non-hydrogen) atoms. The van der Waals surface area contributed by atoms with E-state index in [0.29, 0.717) is 24.1 Å². The molecule has 1 amide bonds. The number of allylic oxidation sites excluding steroid dienone is 1. The molecule has 4 nitrogen and oxygen atoms in total. The summed E-state index contributed by atoms with van der Waals surface area (Å²) < 4.78 is 0. The summed E-state index contributed by atoms with van der Waals surface area (Å²) in [5.74, 6) is -1.20. The van der Waals surface area contributed by atoms with Gasteiger partial charge in [-0.1, -0.05) is 42.5 Å². The standard InChI is InChI=1S/C21H21NO3/c1-2-6-17-13-18(9-10-20(23)24)15-19(14-17)21(25)22-12-11-16-7-4-3-5-8-16/h2-5,7-10,13-15H,1,6,11-12H2,(H,22,25)(H,23,24)/b10-9+. The van der Waals surface area contributed by atoms with Crippen molar-refractivity contribution < 1.29 is 14.7 Å². The molecule has 0 atom stereocenters. The van der Waals surface area contributed by atoms with Crippen LogP contribution in [0.15, 0.2) is 67.3 Å². The summed E-state index contributed by atoms with van der Waals surface area (Å²) in [7, 11) is 0. The first-order valence-corrected chi connectivity index (χ1v) is 8.06. The summed E-state index contributed by atoms with van der Waals surface area (Å²) in [6.45, 7) is 4.24. The monoisotopic (exact) mass is 335 g/mol. The van der Waals surface area contributed by atoms with Crippen LogP contribution in [-0.4, -0.2) is 23.5 Å². The van der Waals surface area contributed by atoms with E-state index in [4.69, 9.17) is 5.11 Å². The minimum Gasteiger partial charge on any atom is -0.478 e. The Labute approximate surface area is 147 Å². The average molecular weight is 335 g/mol. The number of amides is 1. The maximum Gasteiger partial charge on any atom is 0.328 e. The van der Waals surface area contributed by atoms with Gasteiger partial charge in [0.05, 0.1) is 0 Å². The molecule has 0 saturated carbocycles. The molecule has 0 aliphatic rings. The van der Waals surface area contributed by atoms with Crippen molar-refractivity contribution in [2.75, 3.05) is 6.54 Å². The van der Waals surface area contributed by atoms with Crippen molar-refractivity contribution >= 4 is 18.0 Å². The van der Waals surface area contributed by atoms with E-state index in [1.165, 1.54) is 6.08 Å². The highest BCUT2D eigenvalue weighted by Crippen LogP contribution is 2.13. The number of aliphatic carboxylic acids is 1. The molecule has 0 aliphatic carbocycles. The van der Waals surface area contributed by atoms with E-state index in [9.17, 15) is 9.59 Å². The molecule has 0 radical (unpaired) electrons. The Kier molecular flexibility index (Phi) is 6.72. The second kappa shape index (κ2) is 9.23. The molecule has 0 heterocycles. The maximum atomic E-state index is 12.4. The van der Waals surface area contributed by atoms with Gasteiger partial charge in [-0.25, -0.2) is 4.79 Å². The molecule has 0 aromatic heterocycles. The Hall–Kier alpha value is -3.14. The molecule has 0 fully saturated rings. The van der Waals surface area contributed by atoms with Gasteiger partial charge in [0, 0.05) is 18.2 Å². The van der Waals surface area contributed by atoms with Gasteiger partial charge in [0.2, 0.25) is 0 Å². The van der Waals surface area contributed by atoms with Crippen LogP contribution >= 0.6 is 0 Å². The van der Waals surface area contributed by atoms with Gasteiger partial charge < -0.3 is 10.4 Å². The van der Waals surface area contributed by atoms with Crippen molar-refractivity contribution in [1.29, 1.82) is 0 Å². The van der Waals surface area contributed by atoms with Crippen LogP contribution in [0.3, 0.4) is 0 Å². The number of carboxylic acids is 1. The quantitative estimate of drug-likeness (QED) is 0.573. The van der Waals surface area contributed by atoms with Gasteiger partial charge >= 0.3 is 5.97 Å². The van der Waals surface area contributed by atoms with Crippen LogP contribution in [0.2, 0.25) is 0 Å². The summed E-state index contributed by atoms with van der Waals surface area (Å²) in [5, 5.41) is 11.7. The van der Waals surface area contributed by atoms with Crippen molar-refractivity contribution in [3.05, 3.63) is 89.5 Å². The molecule has 128 valence electrons. The van der Waals surface area contributed by atoms with Crippen molar-refractivity contribution in [3.63, 3.8) is 0 Å². The zero-order valence-electron chi connectivity index (χ0n) is 13.9. The van der Waals surface area contributed by atoms with Gasteiger partial charge in [-0.2, -0.15) is 0 Å². The first kappa shape index (κ1) is 18.2. The van der Waals surface area contributed by atoms with Gasteiger partial charge in [0.15, 0.2) is 0 Å². The molecule has 2 aromatic carbocycles. The number of carbonyl (C=O) groups is 2. The molecule has 0 aliphatic heterocycles. The molecule has 0 unspecified atom stereocenters.